The summed E-state index contributed by atoms with van der Waals surface area (Å²) in [6, 6.07) is 10.1. The summed E-state index contributed by atoms with van der Waals surface area (Å²) < 4.78 is 51.3. The molecule has 0 aliphatic carbocycles. The molecule has 1 heterocycles. The lowest BCUT2D eigenvalue weighted by Crippen LogP contribution is -2.35. The molecule has 1 fully saturated rings. The van der Waals surface area contributed by atoms with Crippen molar-refractivity contribution in [2.24, 2.45) is 0 Å². The fraction of sp³-hybridized carbons (Fsp3) is 0.316. The highest BCUT2D eigenvalue weighted by molar-refractivity contribution is 5.79. The second-order valence-corrected chi connectivity index (χ2v) is 6.48. The molecule has 1 atom stereocenters. The third-order valence-electron chi connectivity index (χ3n) is 4.59. The second kappa shape index (κ2) is 6.72. The van der Waals surface area contributed by atoms with E-state index >= 15 is 0 Å². The Hall–Kier alpha value is -2.41. The average Bonchev–Trinajstić information content (AvgIpc) is 2.98. The lowest BCUT2D eigenvalue weighted by Gasteiger charge is -2.24. The first-order valence-corrected chi connectivity index (χ1v) is 8.10. The van der Waals surface area contributed by atoms with Gasteiger partial charge in [0, 0.05) is 6.54 Å². The van der Waals surface area contributed by atoms with E-state index in [9.17, 15) is 27.5 Å². The number of nitrogens with zero attached hydrogens (tertiary/aromatic N) is 1. The minimum absolute atomic E-state index is 0.0242. The second-order valence-electron chi connectivity index (χ2n) is 6.48. The SMILES string of the molecule is O=C(Cc1cccc(C(F)(F)F)c1)N1CCC(O)(c2ccc(F)cc2)C1. The van der Waals surface area contributed by atoms with E-state index in [1.54, 1.807) is 0 Å². The zero-order valence-electron chi connectivity index (χ0n) is 13.8. The van der Waals surface area contributed by atoms with Crippen molar-refractivity contribution in [3.8, 4) is 0 Å². The quantitative estimate of drug-likeness (QED) is 0.844. The van der Waals surface area contributed by atoms with E-state index < -0.39 is 23.2 Å². The van der Waals surface area contributed by atoms with Crippen molar-refractivity contribution < 1.29 is 27.5 Å². The Morgan fingerprint density at radius 3 is 2.50 bits per heavy atom. The zero-order chi connectivity index (χ0) is 18.9. The van der Waals surface area contributed by atoms with Gasteiger partial charge in [0.15, 0.2) is 0 Å². The Balaban J connectivity index is 1.69. The molecule has 1 aliphatic rings. The first-order chi connectivity index (χ1) is 12.2. The third-order valence-corrected chi connectivity index (χ3v) is 4.59. The smallest absolute Gasteiger partial charge is 0.383 e. The zero-order valence-corrected chi connectivity index (χ0v) is 13.8. The van der Waals surface area contributed by atoms with E-state index in [0.717, 1.165) is 12.1 Å². The maximum Gasteiger partial charge on any atom is 0.416 e. The summed E-state index contributed by atoms with van der Waals surface area (Å²) in [6.07, 6.45) is -4.36. The molecule has 1 unspecified atom stereocenters. The number of alkyl halides is 3. The molecule has 0 bridgehead atoms. The van der Waals surface area contributed by atoms with Crippen LogP contribution in [0.3, 0.4) is 0 Å². The Morgan fingerprint density at radius 1 is 1.15 bits per heavy atom. The van der Waals surface area contributed by atoms with Crippen LogP contribution in [-0.2, 0) is 23.0 Å². The highest BCUT2D eigenvalue weighted by Crippen LogP contribution is 2.33. The van der Waals surface area contributed by atoms with Gasteiger partial charge in [-0.05, 0) is 35.7 Å². The van der Waals surface area contributed by atoms with E-state index in [1.807, 2.05) is 0 Å². The van der Waals surface area contributed by atoms with Crippen molar-refractivity contribution in [2.75, 3.05) is 13.1 Å². The number of benzene rings is 2. The molecule has 3 rings (SSSR count). The molecule has 1 aliphatic heterocycles. The van der Waals surface area contributed by atoms with E-state index in [1.165, 1.54) is 41.3 Å². The van der Waals surface area contributed by atoms with Gasteiger partial charge in [0.2, 0.25) is 5.91 Å². The first kappa shape index (κ1) is 18.4. The number of hydrogen-bond acceptors (Lipinski definition) is 2. The Kier molecular flexibility index (Phi) is 4.75. The van der Waals surface area contributed by atoms with Crippen LogP contribution in [0.2, 0.25) is 0 Å². The molecular weight excluding hydrogens is 350 g/mol. The number of likely N-dealkylation sites (tertiary alicyclic amines) is 1. The summed E-state index contributed by atoms with van der Waals surface area (Å²) in [5, 5.41) is 10.7. The van der Waals surface area contributed by atoms with Gasteiger partial charge in [-0.3, -0.25) is 4.79 Å². The number of carbonyl (C=O) groups is 1. The van der Waals surface area contributed by atoms with Gasteiger partial charge in [0.05, 0.1) is 18.5 Å². The third kappa shape index (κ3) is 3.88. The van der Waals surface area contributed by atoms with Crippen LogP contribution < -0.4 is 0 Å². The van der Waals surface area contributed by atoms with Gasteiger partial charge < -0.3 is 10.0 Å². The van der Waals surface area contributed by atoms with E-state index in [0.29, 0.717) is 5.56 Å². The van der Waals surface area contributed by atoms with Crippen molar-refractivity contribution >= 4 is 5.91 Å². The van der Waals surface area contributed by atoms with Crippen molar-refractivity contribution in [3.63, 3.8) is 0 Å². The predicted octanol–water partition coefficient (Wildman–Crippen LogP) is 3.51. The number of β-amino-alcohol motifs (C(OH)–C–C–N with tert-alkyl or cyclic N) is 1. The van der Waals surface area contributed by atoms with Crippen LogP contribution >= 0.6 is 0 Å². The van der Waals surface area contributed by atoms with Crippen LogP contribution in [0.1, 0.15) is 23.1 Å². The van der Waals surface area contributed by atoms with Crippen molar-refractivity contribution in [1.29, 1.82) is 0 Å². The lowest BCUT2D eigenvalue weighted by molar-refractivity contribution is -0.138. The monoisotopic (exact) mass is 367 g/mol. The van der Waals surface area contributed by atoms with Gasteiger partial charge in [0.25, 0.3) is 0 Å². The summed E-state index contributed by atoms with van der Waals surface area (Å²) in [5.41, 5.74) is -1.31. The van der Waals surface area contributed by atoms with Gasteiger partial charge >= 0.3 is 6.18 Å². The van der Waals surface area contributed by atoms with Crippen LogP contribution in [0.15, 0.2) is 48.5 Å². The number of rotatable bonds is 3. The van der Waals surface area contributed by atoms with Gasteiger partial charge in [-0.2, -0.15) is 13.2 Å². The fourth-order valence-corrected chi connectivity index (χ4v) is 3.15. The summed E-state index contributed by atoms with van der Waals surface area (Å²) in [6.45, 7) is 0.308. The normalized spacial score (nSPS) is 20.4. The minimum atomic E-state index is -4.46. The molecule has 0 saturated carbocycles. The number of hydrogen-bond donors (Lipinski definition) is 1. The van der Waals surface area contributed by atoms with Gasteiger partial charge in [-0.15, -0.1) is 0 Å². The fourth-order valence-electron chi connectivity index (χ4n) is 3.15. The Labute approximate surface area is 147 Å². The molecule has 26 heavy (non-hydrogen) atoms. The van der Waals surface area contributed by atoms with Crippen molar-refractivity contribution in [2.45, 2.75) is 24.6 Å². The minimum Gasteiger partial charge on any atom is -0.383 e. The topological polar surface area (TPSA) is 40.5 Å². The number of aliphatic hydroxyl groups is 1. The van der Waals surface area contributed by atoms with Gasteiger partial charge in [0.1, 0.15) is 11.4 Å². The molecule has 0 aromatic heterocycles. The van der Waals surface area contributed by atoms with Crippen LogP contribution in [0.25, 0.3) is 0 Å². The molecule has 138 valence electrons. The van der Waals surface area contributed by atoms with Gasteiger partial charge in [-0.25, -0.2) is 4.39 Å². The van der Waals surface area contributed by atoms with E-state index in [4.69, 9.17) is 0 Å². The number of halogens is 4. The van der Waals surface area contributed by atoms with Crippen molar-refractivity contribution in [1.82, 2.24) is 4.90 Å². The maximum absolute atomic E-state index is 13.0. The predicted molar refractivity (Wildman–Crippen MR) is 86.6 cm³/mol. The molecule has 3 nitrogen and oxygen atoms in total. The van der Waals surface area contributed by atoms with Crippen molar-refractivity contribution in [3.05, 3.63) is 71.0 Å². The molecule has 1 amide bonds. The number of carbonyl (C=O) groups excluding carboxylic acids is 1. The van der Waals surface area contributed by atoms with E-state index in [-0.39, 0.29) is 37.4 Å². The molecule has 1 saturated heterocycles. The molecule has 2 aromatic rings. The Bertz CT molecular complexity index is 804. The van der Waals surface area contributed by atoms with Crippen LogP contribution in [0.5, 0.6) is 0 Å². The number of amides is 1. The maximum atomic E-state index is 13.0. The van der Waals surface area contributed by atoms with Crippen LogP contribution in [-0.4, -0.2) is 29.0 Å². The molecule has 1 N–H and O–H groups in total. The standard InChI is InChI=1S/C19H17F4NO2/c20-16-6-4-14(5-7-16)18(26)8-9-24(12-18)17(25)11-13-2-1-3-15(10-13)19(21,22)23/h1-7,10,26H,8-9,11-12H2. The summed E-state index contributed by atoms with van der Waals surface area (Å²) in [7, 11) is 0. The largest absolute Gasteiger partial charge is 0.416 e. The lowest BCUT2D eigenvalue weighted by atomic mass is 9.93. The van der Waals surface area contributed by atoms with Crippen LogP contribution in [0.4, 0.5) is 17.6 Å². The summed E-state index contributed by atoms with van der Waals surface area (Å²) >= 11 is 0. The van der Waals surface area contributed by atoms with Gasteiger partial charge in [-0.1, -0.05) is 30.3 Å². The molecular formula is C19H17F4NO2. The molecule has 0 radical (unpaired) electrons. The summed E-state index contributed by atoms with van der Waals surface area (Å²) in [5.74, 6) is -0.782. The van der Waals surface area contributed by atoms with E-state index in [2.05, 4.69) is 0 Å². The summed E-state index contributed by atoms with van der Waals surface area (Å²) in [4.78, 5) is 13.8. The highest BCUT2D eigenvalue weighted by Gasteiger charge is 2.39. The molecule has 0 spiro atoms. The Morgan fingerprint density at radius 2 is 1.85 bits per heavy atom. The molecule has 2 aromatic carbocycles. The first-order valence-electron chi connectivity index (χ1n) is 8.10. The average molecular weight is 367 g/mol. The van der Waals surface area contributed by atoms with Crippen LogP contribution in [0, 0.1) is 5.82 Å². The highest BCUT2D eigenvalue weighted by atomic mass is 19.4. The molecule has 7 heteroatoms.